The van der Waals surface area contributed by atoms with Gasteiger partial charge in [0.05, 0.1) is 29.1 Å². The van der Waals surface area contributed by atoms with Gasteiger partial charge in [0, 0.05) is 0 Å². The number of hydrogen-bond acceptors (Lipinski definition) is 3. The van der Waals surface area contributed by atoms with Crippen molar-refractivity contribution in [1.82, 2.24) is 15.3 Å². The van der Waals surface area contributed by atoms with E-state index < -0.39 is 5.60 Å². The number of nitrogens with zero attached hydrogens (tertiary/aromatic N) is 1. The lowest BCUT2D eigenvalue weighted by Crippen LogP contribution is -2.37. The molecule has 1 saturated carbocycles. The van der Waals surface area contributed by atoms with Crippen molar-refractivity contribution in [2.75, 3.05) is 0 Å². The molecule has 1 heterocycles. The van der Waals surface area contributed by atoms with Gasteiger partial charge in [-0.15, -0.1) is 0 Å². The van der Waals surface area contributed by atoms with E-state index in [1.807, 2.05) is 24.3 Å². The van der Waals surface area contributed by atoms with Crippen LogP contribution in [0.2, 0.25) is 0 Å². The number of imidazole rings is 1. The molecule has 1 unspecified atom stereocenters. The first-order valence-electron chi connectivity index (χ1n) is 8.92. The van der Waals surface area contributed by atoms with Gasteiger partial charge in [0.25, 0.3) is 0 Å². The standard InChI is InChI=1S/C19H27N3O2/c1-13(2)11-16(18-21-14-7-3-4-8-15(14)22-18)20-17(23)12-19(24)9-5-6-10-19/h3-4,7-8,13,16,24H,5-6,9-12H2,1-2H3,(H,20,23)(H,21,22). The molecule has 1 aliphatic rings. The van der Waals surface area contributed by atoms with E-state index in [4.69, 9.17) is 0 Å². The number of benzene rings is 1. The van der Waals surface area contributed by atoms with Gasteiger partial charge in [0.15, 0.2) is 0 Å². The minimum absolute atomic E-state index is 0.0921. The molecule has 1 amide bonds. The highest BCUT2D eigenvalue weighted by Gasteiger charge is 2.34. The lowest BCUT2D eigenvalue weighted by Gasteiger charge is -2.24. The second-order valence-corrected chi connectivity index (χ2v) is 7.50. The van der Waals surface area contributed by atoms with Gasteiger partial charge in [0.1, 0.15) is 5.82 Å². The highest BCUT2D eigenvalue weighted by Crippen LogP contribution is 2.32. The minimum atomic E-state index is -0.819. The van der Waals surface area contributed by atoms with Crippen molar-refractivity contribution < 1.29 is 9.90 Å². The molecular weight excluding hydrogens is 302 g/mol. The van der Waals surface area contributed by atoms with Gasteiger partial charge in [-0.2, -0.15) is 0 Å². The number of carbonyl (C=O) groups is 1. The molecule has 2 aromatic rings. The Morgan fingerprint density at radius 2 is 2.04 bits per heavy atom. The van der Waals surface area contributed by atoms with Crippen LogP contribution >= 0.6 is 0 Å². The lowest BCUT2D eigenvalue weighted by atomic mass is 9.96. The van der Waals surface area contributed by atoms with Gasteiger partial charge >= 0.3 is 0 Å². The van der Waals surface area contributed by atoms with E-state index in [1.54, 1.807) is 0 Å². The number of aromatic amines is 1. The Labute approximate surface area is 142 Å². The molecule has 5 heteroatoms. The van der Waals surface area contributed by atoms with E-state index in [0.29, 0.717) is 5.92 Å². The molecule has 1 atom stereocenters. The van der Waals surface area contributed by atoms with Gasteiger partial charge < -0.3 is 15.4 Å². The van der Waals surface area contributed by atoms with Crippen molar-refractivity contribution in [2.45, 2.75) is 64.0 Å². The average molecular weight is 329 g/mol. The summed E-state index contributed by atoms with van der Waals surface area (Å²) in [7, 11) is 0. The third-order valence-corrected chi connectivity index (χ3v) is 4.80. The Morgan fingerprint density at radius 3 is 2.71 bits per heavy atom. The molecular formula is C19H27N3O2. The van der Waals surface area contributed by atoms with Gasteiger partial charge in [0.2, 0.25) is 5.91 Å². The summed E-state index contributed by atoms with van der Waals surface area (Å²) in [5.74, 6) is 1.13. The Kier molecular flexibility index (Phi) is 4.90. The fourth-order valence-corrected chi connectivity index (χ4v) is 3.60. The fourth-order valence-electron chi connectivity index (χ4n) is 3.60. The molecule has 0 saturated heterocycles. The van der Waals surface area contributed by atoms with E-state index in [2.05, 4.69) is 29.1 Å². The summed E-state index contributed by atoms with van der Waals surface area (Å²) in [5, 5.41) is 13.5. The van der Waals surface area contributed by atoms with Crippen LogP contribution in [0.1, 0.15) is 64.2 Å². The van der Waals surface area contributed by atoms with Crippen LogP contribution < -0.4 is 5.32 Å². The Hall–Kier alpha value is -1.88. The summed E-state index contributed by atoms with van der Waals surface area (Å²) in [5.41, 5.74) is 1.07. The summed E-state index contributed by atoms with van der Waals surface area (Å²) >= 11 is 0. The van der Waals surface area contributed by atoms with Crippen molar-refractivity contribution >= 4 is 16.9 Å². The number of aliphatic hydroxyl groups is 1. The minimum Gasteiger partial charge on any atom is -0.389 e. The summed E-state index contributed by atoms with van der Waals surface area (Å²) in [6.45, 7) is 4.26. The van der Waals surface area contributed by atoms with Crippen LogP contribution in [-0.2, 0) is 4.79 Å². The number of H-pyrrole nitrogens is 1. The number of amides is 1. The van der Waals surface area contributed by atoms with Crippen LogP contribution in [0.25, 0.3) is 11.0 Å². The van der Waals surface area contributed by atoms with Crippen LogP contribution in [0.3, 0.4) is 0 Å². The van der Waals surface area contributed by atoms with E-state index in [9.17, 15) is 9.90 Å². The molecule has 0 bridgehead atoms. The molecule has 1 fully saturated rings. The second-order valence-electron chi connectivity index (χ2n) is 7.50. The predicted octanol–water partition coefficient (Wildman–Crippen LogP) is 3.46. The zero-order valence-corrected chi connectivity index (χ0v) is 14.5. The first-order valence-corrected chi connectivity index (χ1v) is 8.92. The molecule has 0 spiro atoms. The molecule has 24 heavy (non-hydrogen) atoms. The topological polar surface area (TPSA) is 78.0 Å². The quantitative estimate of drug-likeness (QED) is 0.759. The van der Waals surface area contributed by atoms with E-state index in [-0.39, 0.29) is 18.4 Å². The first-order chi connectivity index (χ1) is 11.5. The number of rotatable bonds is 6. The van der Waals surface area contributed by atoms with Gasteiger partial charge in [-0.1, -0.05) is 38.8 Å². The average Bonchev–Trinajstić information content (AvgIpc) is 3.12. The molecule has 3 N–H and O–H groups in total. The maximum atomic E-state index is 12.5. The Bertz CT molecular complexity index is 668. The van der Waals surface area contributed by atoms with Crippen molar-refractivity contribution in [3.8, 4) is 0 Å². The summed E-state index contributed by atoms with van der Waals surface area (Å²) in [6, 6.07) is 7.72. The van der Waals surface area contributed by atoms with Gasteiger partial charge in [-0.05, 0) is 37.3 Å². The van der Waals surface area contributed by atoms with Crippen LogP contribution in [0, 0.1) is 5.92 Å². The lowest BCUT2D eigenvalue weighted by molar-refractivity contribution is -0.126. The zero-order valence-electron chi connectivity index (χ0n) is 14.5. The molecule has 0 aliphatic heterocycles. The number of fused-ring (bicyclic) bond motifs is 1. The largest absolute Gasteiger partial charge is 0.389 e. The number of hydrogen-bond donors (Lipinski definition) is 3. The predicted molar refractivity (Wildman–Crippen MR) is 94.5 cm³/mol. The maximum Gasteiger partial charge on any atom is 0.223 e. The molecule has 1 aliphatic carbocycles. The van der Waals surface area contributed by atoms with Crippen molar-refractivity contribution in [3.05, 3.63) is 30.1 Å². The highest BCUT2D eigenvalue weighted by atomic mass is 16.3. The van der Waals surface area contributed by atoms with Crippen LogP contribution in [0.15, 0.2) is 24.3 Å². The van der Waals surface area contributed by atoms with Crippen molar-refractivity contribution in [3.63, 3.8) is 0 Å². The highest BCUT2D eigenvalue weighted by molar-refractivity contribution is 5.78. The molecule has 0 radical (unpaired) electrons. The van der Waals surface area contributed by atoms with Gasteiger partial charge in [-0.3, -0.25) is 4.79 Å². The third-order valence-electron chi connectivity index (χ3n) is 4.80. The first kappa shape index (κ1) is 17.0. The van der Waals surface area contributed by atoms with Crippen molar-refractivity contribution in [2.24, 2.45) is 5.92 Å². The zero-order chi connectivity index (χ0) is 17.2. The summed E-state index contributed by atoms with van der Waals surface area (Å²) in [4.78, 5) is 20.4. The number of aromatic nitrogens is 2. The second kappa shape index (κ2) is 6.93. The number of carbonyl (C=O) groups excluding carboxylic acids is 1. The van der Waals surface area contributed by atoms with Crippen LogP contribution in [0.4, 0.5) is 0 Å². The van der Waals surface area contributed by atoms with E-state index in [1.165, 1.54) is 0 Å². The third kappa shape index (κ3) is 3.96. The Morgan fingerprint density at radius 1 is 1.33 bits per heavy atom. The summed E-state index contributed by atoms with van der Waals surface area (Å²) < 4.78 is 0. The number of para-hydroxylation sites is 2. The van der Waals surface area contributed by atoms with Gasteiger partial charge in [-0.25, -0.2) is 4.98 Å². The molecule has 5 nitrogen and oxygen atoms in total. The number of nitrogens with one attached hydrogen (secondary N) is 2. The molecule has 1 aromatic heterocycles. The molecule has 1 aromatic carbocycles. The van der Waals surface area contributed by atoms with Crippen molar-refractivity contribution in [1.29, 1.82) is 0 Å². The van der Waals surface area contributed by atoms with E-state index >= 15 is 0 Å². The fraction of sp³-hybridized carbons (Fsp3) is 0.579. The maximum absolute atomic E-state index is 12.5. The molecule has 130 valence electrons. The molecule has 3 rings (SSSR count). The Balaban J connectivity index is 1.74. The summed E-state index contributed by atoms with van der Waals surface area (Å²) in [6.07, 6.45) is 4.44. The van der Waals surface area contributed by atoms with E-state index in [0.717, 1.165) is 49.0 Å². The normalized spacial score (nSPS) is 18.2. The van der Waals surface area contributed by atoms with Crippen LogP contribution in [-0.4, -0.2) is 26.6 Å². The van der Waals surface area contributed by atoms with Crippen LogP contribution in [0.5, 0.6) is 0 Å². The SMILES string of the molecule is CC(C)CC(NC(=O)CC1(O)CCCC1)c1nc2ccccc2[nH]1. The monoisotopic (exact) mass is 329 g/mol. The smallest absolute Gasteiger partial charge is 0.223 e.